The molecule has 1 rings (SSSR count). The molecule has 0 aliphatic rings. The smallest absolute Gasteiger partial charge is 0.117 e. The van der Waals surface area contributed by atoms with Gasteiger partial charge in [-0.05, 0) is 32.0 Å². The average Bonchev–Trinajstić information content (AvgIpc) is 2.77. The zero-order chi connectivity index (χ0) is 11.3. The summed E-state index contributed by atoms with van der Waals surface area (Å²) in [6.07, 6.45) is 2.77. The first-order chi connectivity index (χ1) is 7.16. The minimum Gasteiger partial charge on any atom is -0.468 e. The molecule has 1 aromatic rings. The van der Waals surface area contributed by atoms with E-state index >= 15 is 0 Å². The summed E-state index contributed by atoms with van der Waals surface area (Å²) in [5.74, 6) is 1.00. The Balaban J connectivity index is 2.70. The van der Waals surface area contributed by atoms with Gasteiger partial charge in [-0.1, -0.05) is 13.8 Å². The fourth-order valence-corrected chi connectivity index (χ4v) is 1.77. The van der Waals surface area contributed by atoms with Crippen LogP contribution in [0.5, 0.6) is 0 Å². The zero-order valence-electron chi connectivity index (χ0n) is 9.99. The van der Waals surface area contributed by atoms with Crippen molar-refractivity contribution < 1.29 is 4.42 Å². The van der Waals surface area contributed by atoms with Crippen LogP contribution in [0.25, 0.3) is 0 Å². The first-order valence-corrected chi connectivity index (χ1v) is 5.63. The molecular formula is C12H22N2O. The summed E-state index contributed by atoms with van der Waals surface area (Å²) in [5, 5.41) is 0. The molecule has 86 valence electrons. The lowest BCUT2D eigenvalue weighted by atomic mass is 9.96. The molecule has 2 N–H and O–H groups in total. The highest BCUT2D eigenvalue weighted by Crippen LogP contribution is 2.20. The predicted octanol–water partition coefficient (Wildman–Crippen LogP) is 2.23. The molecule has 0 spiro atoms. The van der Waals surface area contributed by atoms with Crippen molar-refractivity contribution in [3.05, 3.63) is 24.2 Å². The van der Waals surface area contributed by atoms with Gasteiger partial charge in [-0.25, -0.2) is 0 Å². The van der Waals surface area contributed by atoms with Crippen LogP contribution in [0, 0.1) is 0 Å². The summed E-state index contributed by atoms with van der Waals surface area (Å²) in [5.41, 5.74) is 5.92. The Morgan fingerprint density at radius 1 is 1.47 bits per heavy atom. The van der Waals surface area contributed by atoms with Crippen LogP contribution in [0.2, 0.25) is 0 Å². The lowest BCUT2D eigenvalue weighted by Crippen LogP contribution is -2.50. The third kappa shape index (κ3) is 2.83. The van der Waals surface area contributed by atoms with Gasteiger partial charge in [-0.15, -0.1) is 0 Å². The van der Waals surface area contributed by atoms with Crippen molar-refractivity contribution >= 4 is 0 Å². The summed E-state index contributed by atoms with van der Waals surface area (Å²) in [7, 11) is 0. The number of nitrogens with two attached hydrogens (primary N) is 1. The van der Waals surface area contributed by atoms with Gasteiger partial charge in [-0.2, -0.15) is 0 Å². The number of hydrogen-bond acceptors (Lipinski definition) is 3. The third-order valence-corrected chi connectivity index (χ3v) is 3.27. The highest BCUT2D eigenvalue weighted by atomic mass is 16.3. The molecular weight excluding hydrogens is 188 g/mol. The van der Waals surface area contributed by atoms with E-state index < -0.39 is 0 Å². The van der Waals surface area contributed by atoms with Gasteiger partial charge in [0.05, 0.1) is 12.8 Å². The number of hydrogen-bond donors (Lipinski definition) is 1. The molecule has 15 heavy (non-hydrogen) atoms. The molecule has 1 atom stereocenters. The number of likely N-dealkylation sites (N-methyl/N-ethyl adjacent to an activating group) is 1. The van der Waals surface area contributed by atoms with Crippen LogP contribution in [-0.4, -0.2) is 23.5 Å². The second kappa shape index (κ2) is 5.33. The summed E-state index contributed by atoms with van der Waals surface area (Å²) in [6, 6.07) is 3.93. The van der Waals surface area contributed by atoms with Gasteiger partial charge < -0.3 is 10.2 Å². The van der Waals surface area contributed by atoms with E-state index in [-0.39, 0.29) is 5.54 Å². The monoisotopic (exact) mass is 210 g/mol. The standard InChI is InChI=1S/C12H22N2O/c1-4-12(3,10-13)14(5-2)9-11-7-6-8-15-11/h6-8H,4-5,9-10,13H2,1-3H3. The molecule has 0 bridgehead atoms. The van der Waals surface area contributed by atoms with Crippen molar-refractivity contribution in [2.75, 3.05) is 13.1 Å². The van der Waals surface area contributed by atoms with Gasteiger partial charge in [0.1, 0.15) is 5.76 Å². The quantitative estimate of drug-likeness (QED) is 0.783. The molecule has 0 aliphatic carbocycles. The van der Waals surface area contributed by atoms with Gasteiger partial charge in [0, 0.05) is 12.1 Å². The zero-order valence-corrected chi connectivity index (χ0v) is 9.99. The second-order valence-corrected chi connectivity index (χ2v) is 4.15. The fraction of sp³-hybridized carbons (Fsp3) is 0.667. The van der Waals surface area contributed by atoms with E-state index in [9.17, 15) is 0 Å². The van der Waals surface area contributed by atoms with Crippen LogP contribution in [-0.2, 0) is 6.54 Å². The molecule has 0 aromatic carbocycles. The van der Waals surface area contributed by atoms with E-state index in [0.29, 0.717) is 6.54 Å². The van der Waals surface area contributed by atoms with E-state index in [1.54, 1.807) is 6.26 Å². The van der Waals surface area contributed by atoms with E-state index in [1.165, 1.54) is 0 Å². The van der Waals surface area contributed by atoms with Crippen molar-refractivity contribution in [1.29, 1.82) is 0 Å². The Kier molecular flexibility index (Phi) is 4.36. The Bertz CT molecular complexity index is 265. The maximum atomic E-state index is 5.85. The maximum Gasteiger partial charge on any atom is 0.117 e. The Hall–Kier alpha value is -0.800. The normalized spacial score (nSPS) is 15.5. The van der Waals surface area contributed by atoms with E-state index in [2.05, 4.69) is 25.7 Å². The first-order valence-electron chi connectivity index (χ1n) is 5.63. The van der Waals surface area contributed by atoms with Crippen LogP contribution in [0.15, 0.2) is 22.8 Å². The topological polar surface area (TPSA) is 42.4 Å². The largest absolute Gasteiger partial charge is 0.468 e. The van der Waals surface area contributed by atoms with Gasteiger partial charge in [0.2, 0.25) is 0 Å². The van der Waals surface area contributed by atoms with E-state index in [1.807, 2.05) is 12.1 Å². The highest BCUT2D eigenvalue weighted by Gasteiger charge is 2.27. The summed E-state index contributed by atoms with van der Waals surface area (Å²) in [4.78, 5) is 2.37. The summed E-state index contributed by atoms with van der Waals surface area (Å²) in [6.45, 7) is 9.05. The van der Waals surface area contributed by atoms with Crippen LogP contribution >= 0.6 is 0 Å². The van der Waals surface area contributed by atoms with Crippen LogP contribution in [0.3, 0.4) is 0 Å². The summed E-state index contributed by atoms with van der Waals surface area (Å²) >= 11 is 0. The molecule has 3 heteroatoms. The third-order valence-electron chi connectivity index (χ3n) is 3.27. The molecule has 0 fully saturated rings. The molecule has 1 unspecified atom stereocenters. The predicted molar refractivity (Wildman–Crippen MR) is 62.5 cm³/mol. The Morgan fingerprint density at radius 2 is 2.20 bits per heavy atom. The summed E-state index contributed by atoms with van der Waals surface area (Å²) < 4.78 is 5.37. The lowest BCUT2D eigenvalue weighted by molar-refractivity contribution is 0.0958. The molecule has 0 radical (unpaired) electrons. The Morgan fingerprint density at radius 3 is 2.60 bits per heavy atom. The van der Waals surface area contributed by atoms with E-state index in [4.69, 9.17) is 10.2 Å². The van der Waals surface area contributed by atoms with Crippen LogP contribution < -0.4 is 5.73 Å². The SMILES string of the molecule is CCN(Cc1ccco1)C(C)(CC)CN. The minimum absolute atomic E-state index is 0.0710. The van der Waals surface area contributed by atoms with Gasteiger partial charge in [0.25, 0.3) is 0 Å². The van der Waals surface area contributed by atoms with E-state index in [0.717, 1.165) is 25.3 Å². The number of nitrogens with zero attached hydrogens (tertiary/aromatic N) is 1. The van der Waals surface area contributed by atoms with Crippen molar-refractivity contribution in [1.82, 2.24) is 4.90 Å². The molecule has 1 aromatic heterocycles. The average molecular weight is 210 g/mol. The first kappa shape index (κ1) is 12.3. The highest BCUT2D eigenvalue weighted by molar-refractivity contribution is 5.00. The molecule has 1 heterocycles. The second-order valence-electron chi connectivity index (χ2n) is 4.15. The van der Waals surface area contributed by atoms with Crippen LogP contribution in [0.1, 0.15) is 33.0 Å². The van der Waals surface area contributed by atoms with Crippen molar-refractivity contribution in [3.8, 4) is 0 Å². The molecule has 0 saturated carbocycles. The molecule has 0 aliphatic heterocycles. The maximum absolute atomic E-state index is 5.85. The number of rotatable bonds is 6. The minimum atomic E-state index is 0.0710. The Labute approximate surface area is 92.2 Å². The van der Waals surface area contributed by atoms with Gasteiger partial charge in [-0.3, -0.25) is 4.90 Å². The molecule has 0 saturated heterocycles. The van der Waals surface area contributed by atoms with Crippen LogP contribution in [0.4, 0.5) is 0 Å². The number of furan rings is 1. The van der Waals surface area contributed by atoms with Gasteiger partial charge in [0.15, 0.2) is 0 Å². The molecule has 3 nitrogen and oxygen atoms in total. The fourth-order valence-electron chi connectivity index (χ4n) is 1.77. The van der Waals surface area contributed by atoms with Crippen molar-refractivity contribution in [2.45, 2.75) is 39.3 Å². The molecule has 0 amide bonds. The lowest BCUT2D eigenvalue weighted by Gasteiger charge is -2.39. The van der Waals surface area contributed by atoms with Crippen molar-refractivity contribution in [2.24, 2.45) is 5.73 Å². The van der Waals surface area contributed by atoms with Gasteiger partial charge >= 0.3 is 0 Å². The van der Waals surface area contributed by atoms with Crippen molar-refractivity contribution in [3.63, 3.8) is 0 Å².